The number of alkyl halides is 2. The standard InChI is InChI=1S/C27H26ClF4N5O2/c1-14-3-2-4-21(36-10-8-15(12-22(36)38)23-18(29)6-5-17(28)24(23)30)19-11-16(7-9-33-19)25-20(35-26(14)39)13-34-37(25)27(31)32/h5-7,9,11-14,21,26-27,35,39H,2-4,8,10H2,1H3. The first-order valence-corrected chi connectivity index (χ1v) is 12.9. The summed E-state index contributed by atoms with van der Waals surface area (Å²) in [6, 6.07) is 4.84. The van der Waals surface area contributed by atoms with E-state index < -0.39 is 36.4 Å². The summed E-state index contributed by atoms with van der Waals surface area (Å²) in [5.74, 6) is -2.42. The number of fused-ring (bicyclic) bond motifs is 4. The van der Waals surface area contributed by atoms with Crippen molar-refractivity contribution in [1.82, 2.24) is 19.7 Å². The molecule has 3 unspecified atom stereocenters. The second-order valence-electron chi connectivity index (χ2n) is 9.78. The molecule has 0 saturated heterocycles. The zero-order valence-electron chi connectivity index (χ0n) is 20.9. The lowest BCUT2D eigenvalue weighted by Crippen LogP contribution is -2.38. The van der Waals surface area contributed by atoms with Crippen LogP contribution in [0.3, 0.4) is 0 Å². The van der Waals surface area contributed by atoms with Crippen LogP contribution in [0, 0.1) is 17.6 Å². The second-order valence-corrected chi connectivity index (χ2v) is 10.2. The summed E-state index contributed by atoms with van der Waals surface area (Å²) < 4.78 is 57.4. The van der Waals surface area contributed by atoms with E-state index in [4.69, 9.17) is 11.6 Å². The molecule has 12 heteroatoms. The number of aromatic nitrogens is 3. The first-order valence-electron chi connectivity index (χ1n) is 12.6. The zero-order valence-corrected chi connectivity index (χ0v) is 21.7. The number of rotatable bonds is 3. The van der Waals surface area contributed by atoms with E-state index in [-0.39, 0.29) is 46.4 Å². The Kier molecular flexibility index (Phi) is 7.64. The molecule has 4 heterocycles. The number of nitrogens with zero attached hydrogens (tertiary/aromatic N) is 4. The third kappa shape index (κ3) is 5.25. The molecule has 3 atom stereocenters. The molecule has 5 rings (SSSR count). The second kappa shape index (κ2) is 11.0. The molecule has 0 aliphatic carbocycles. The maximum absolute atomic E-state index is 14.6. The van der Waals surface area contributed by atoms with E-state index in [9.17, 15) is 27.5 Å². The van der Waals surface area contributed by atoms with Crippen LogP contribution in [0.1, 0.15) is 56.5 Å². The molecule has 1 aromatic carbocycles. The smallest absolute Gasteiger partial charge is 0.333 e. The van der Waals surface area contributed by atoms with Crippen LogP contribution < -0.4 is 5.32 Å². The lowest BCUT2D eigenvalue weighted by Gasteiger charge is -2.35. The van der Waals surface area contributed by atoms with Crippen LogP contribution >= 0.6 is 11.6 Å². The number of hydrogen-bond acceptors (Lipinski definition) is 5. The number of anilines is 1. The Balaban J connectivity index is 1.55. The van der Waals surface area contributed by atoms with Crippen molar-refractivity contribution in [3.63, 3.8) is 0 Å². The summed E-state index contributed by atoms with van der Waals surface area (Å²) in [5, 5.41) is 17.2. The van der Waals surface area contributed by atoms with E-state index in [1.54, 1.807) is 17.0 Å². The number of halogens is 5. The minimum absolute atomic E-state index is 0.0817. The summed E-state index contributed by atoms with van der Waals surface area (Å²) in [6.07, 6.45) is 4.77. The third-order valence-corrected chi connectivity index (χ3v) is 7.59. The number of nitrogens with one attached hydrogen (secondary N) is 1. The number of benzene rings is 1. The first-order chi connectivity index (χ1) is 18.7. The Morgan fingerprint density at radius 2 is 2.00 bits per heavy atom. The van der Waals surface area contributed by atoms with Gasteiger partial charge in [-0.1, -0.05) is 24.9 Å². The van der Waals surface area contributed by atoms with E-state index >= 15 is 0 Å². The molecule has 3 aromatic rings. The van der Waals surface area contributed by atoms with Gasteiger partial charge in [0.2, 0.25) is 5.91 Å². The highest BCUT2D eigenvalue weighted by Crippen LogP contribution is 2.38. The molecular weight excluding hydrogens is 538 g/mol. The maximum Gasteiger partial charge on any atom is 0.333 e. The Bertz CT molecular complexity index is 1430. The number of aliphatic hydroxyl groups is 1. The van der Waals surface area contributed by atoms with Gasteiger partial charge in [0.25, 0.3) is 0 Å². The van der Waals surface area contributed by atoms with Crippen LogP contribution in [-0.4, -0.2) is 43.5 Å². The molecule has 2 bridgehead atoms. The molecule has 206 valence electrons. The van der Waals surface area contributed by atoms with Gasteiger partial charge in [0, 0.05) is 30.3 Å². The Morgan fingerprint density at radius 3 is 2.74 bits per heavy atom. The molecule has 0 radical (unpaired) electrons. The number of pyridine rings is 1. The summed E-state index contributed by atoms with van der Waals surface area (Å²) in [5.41, 5.74) is 1.08. The highest BCUT2D eigenvalue weighted by Gasteiger charge is 2.32. The van der Waals surface area contributed by atoms with E-state index in [1.165, 1.54) is 18.5 Å². The Hall–Kier alpha value is -3.44. The number of aliphatic hydroxyl groups excluding tert-OH is 1. The van der Waals surface area contributed by atoms with E-state index in [0.29, 0.717) is 35.2 Å². The molecule has 2 N–H and O–H groups in total. The molecule has 0 spiro atoms. The topological polar surface area (TPSA) is 83.3 Å². The number of carbonyl (C=O) groups is 1. The highest BCUT2D eigenvalue weighted by atomic mass is 35.5. The van der Waals surface area contributed by atoms with Crippen molar-refractivity contribution in [3.05, 3.63) is 70.6 Å². The fourth-order valence-electron chi connectivity index (χ4n) is 5.22. The number of hydrogen-bond donors (Lipinski definition) is 2. The lowest BCUT2D eigenvalue weighted by molar-refractivity contribution is -0.129. The van der Waals surface area contributed by atoms with Crippen molar-refractivity contribution in [1.29, 1.82) is 0 Å². The molecule has 1 amide bonds. The predicted molar refractivity (Wildman–Crippen MR) is 138 cm³/mol. The van der Waals surface area contributed by atoms with Crippen molar-refractivity contribution in [2.24, 2.45) is 5.92 Å². The number of amides is 1. The van der Waals surface area contributed by atoms with Gasteiger partial charge in [-0.3, -0.25) is 9.78 Å². The summed E-state index contributed by atoms with van der Waals surface area (Å²) in [6.45, 7) is -0.931. The van der Waals surface area contributed by atoms with Crippen LogP contribution in [0.25, 0.3) is 16.8 Å². The maximum atomic E-state index is 14.6. The van der Waals surface area contributed by atoms with Gasteiger partial charge in [0.15, 0.2) is 5.82 Å². The van der Waals surface area contributed by atoms with E-state index in [2.05, 4.69) is 15.4 Å². The van der Waals surface area contributed by atoms with Gasteiger partial charge in [-0.25, -0.2) is 13.5 Å². The molecule has 2 aliphatic rings. The lowest BCUT2D eigenvalue weighted by atomic mass is 9.93. The molecule has 2 aromatic heterocycles. The Morgan fingerprint density at radius 1 is 1.21 bits per heavy atom. The monoisotopic (exact) mass is 563 g/mol. The minimum Gasteiger partial charge on any atom is -0.374 e. The number of carbonyl (C=O) groups excluding carboxylic acids is 1. The van der Waals surface area contributed by atoms with Crippen molar-refractivity contribution >= 4 is 28.8 Å². The molecule has 7 nitrogen and oxygen atoms in total. The Labute approximate surface area is 227 Å². The van der Waals surface area contributed by atoms with Crippen molar-refractivity contribution < 1.29 is 27.5 Å². The molecule has 2 aliphatic heterocycles. The highest BCUT2D eigenvalue weighted by molar-refractivity contribution is 6.31. The van der Waals surface area contributed by atoms with Gasteiger partial charge in [0.05, 0.1) is 39.9 Å². The van der Waals surface area contributed by atoms with Crippen LogP contribution in [0.2, 0.25) is 5.02 Å². The molecule has 39 heavy (non-hydrogen) atoms. The summed E-state index contributed by atoms with van der Waals surface area (Å²) in [7, 11) is 0. The fraction of sp³-hybridized carbons (Fsp3) is 0.370. The van der Waals surface area contributed by atoms with Gasteiger partial charge >= 0.3 is 6.55 Å². The van der Waals surface area contributed by atoms with Crippen LogP contribution in [-0.2, 0) is 4.79 Å². The van der Waals surface area contributed by atoms with E-state index in [0.717, 1.165) is 12.1 Å². The summed E-state index contributed by atoms with van der Waals surface area (Å²) >= 11 is 5.85. The molecule has 0 fully saturated rings. The van der Waals surface area contributed by atoms with Crippen molar-refractivity contribution in [3.8, 4) is 11.3 Å². The average Bonchev–Trinajstić information content (AvgIpc) is 3.33. The van der Waals surface area contributed by atoms with Crippen molar-refractivity contribution in [2.45, 2.75) is 51.4 Å². The SMILES string of the molecule is CC1CCCC(N2CCC(c3c(F)ccc(Cl)c3F)=CC2=O)c2cc(ccn2)-c2c(cnn2C(F)F)NC1O. The van der Waals surface area contributed by atoms with Crippen LogP contribution in [0.4, 0.5) is 23.2 Å². The average molecular weight is 564 g/mol. The first kappa shape index (κ1) is 27.1. The van der Waals surface area contributed by atoms with Gasteiger partial charge < -0.3 is 15.3 Å². The van der Waals surface area contributed by atoms with Gasteiger partial charge in [-0.15, -0.1) is 0 Å². The van der Waals surface area contributed by atoms with Gasteiger partial charge in [-0.2, -0.15) is 13.9 Å². The van der Waals surface area contributed by atoms with Crippen LogP contribution in [0.15, 0.2) is 42.7 Å². The van der Waals surface area contributed by atoms with E-state index in [1.807, 2.05) is 6.92 Å². The minimum atomic E-state index is -2.93. The normalized spacial score (nSPS) is 22.1. The quantitative estimate of drug-likeness (QED) is 0.294. The van der Waals surface area contributed by atoms with Crippen LogP contribution in [0.5, 0.6) is 0 Å². The summed E-state index contributed by atoms with van der Waals surface area (Å²) in [4.78, 5) is 19.4. The predicted octanol–water partition coefficient (Wildman–Crippen LogP) is 6.18. The van der Waals surface area contributed by atoms with Gasteiger partial charge in [-0.05, 0) is 49.1 Å². The fourth-order valence-corrected chi connectivity index (χ4v) is 5.38. The zero-order chi connectivity index (χ0) is 27.8. The van der Waals surface area contributed by atoms with Gasteiger partial charge in [0.1, 0.15) is 12.0 Å². The molecule has 0 saturated carbocycles. The van der Waals surface area contributed by atoms with Crippen molar-refractivity contribution in [2.75, 3.05) is 11.9 Å². The largest absolute Gasteiger partial charge is 0.374 e. The third-order valence-electron chi connectivity index (χ3n) is 7.30. The molecular formula is C27H26ClF4N5O2.